The average molecular weight is 254 g/mol. The number of nitriles is 2. The van der Waals surface area contributed by atoms with Crippen molar-refractivity contribution in [3.63, 3.8) is 0 Å². The van der Waals surface area contributed by atoms with Gasteiger partial charge in [0.05, 0.1) is 12.9 Å². The molecule has 0 bridgehead atoms. The number of hydrogen-bond donors (Lipinski definition) is 2. The zero-order valence-electron chi connectivity index (χ0n) is 10.1. The van der Waals surface area contributed by atoms with Crippen molar-refractivity contribution in [3.05, 3.63) is 35.3 Å². The van der Waals surface area contributed by atoms with Crippen molar-refractivity contribution in [2.24, 2.45) is 5.84 Å². The van der Waals surface area contributed by atoms with Crippen LogP contribution in [0.3, 0.4) is 0 Å². The summed E-state index contributed by atoms with van der Waals surface area (Å²) in [4.78, 5) is 12.3. The molecule has 0 atom stereocenters. The lowest BCUT2D eigenvalue weighted by molar-refractivity contribution is 0.730. The predicted octanol–water partition coefficient (Wildman–Crippen LogP) is 0.0588. The van der Waals surface area contributed by atoms with Crippen molar-refractivity contribution < 1.29 is 0 Å². The summed E-state index contributed by atoms with van der Waals surface area (Å²) in [5.41, 5.74) is 3.47. The largest absolute Gasteiger partial charge is 0.314 e. The van der Waals surface area contributed by atoms with Crippen molar-refractivity contribution in [1.82, 2.24) is 19.5 Å². The highest BCUT2D eigenvalue weighted by Gasteiger charge is 2.11. The molecule has 0 aliphatic carbocycles. The third-order valence-corrected chi connectivity index (χ3v) is 2.41. The second-order valence-corrected chi connectivity index (χ2v) is 3.75. The number of aryl methyl sites for hydroxylation is 1. The number of imidazole rings is 1. The Morgan fingerprint density at radius 2 is 2.16 bits per heavy atom. The molecule has 0 unspecified atom stereocenters. The van der Waals surface area contributed by atoms with Gasteiger partial charge >= 0.3 is 0 Å². The maximum Gasteiger partial charge on any atom is 0.176 e. The Balaban J connectivity index is 2.37. The normalized spacial score (nSPS) is 9.68. The van der Waals surface area contributed by atoms with Gasteiger partial charge in [0.2, 0.25) is 0 Å². The van der Waals surface area contributed by atoms with Crippen LogP contribution in [0.2, 0.25) is 0 Å². The fraction of sp³-hybridized carbons (Fsp3) is 0.182. The number of aromatic nitrogens is 4. The van der Waals surface area contributed by atoms with E-state index in [2.05, 4.69) is 20.4 Å². The van der Waals surface area contributed by atoms with E-state index in [0.717, 1.165) is 5.69 Å². The van der Waals surface area contributed by atoms with E-state index in [9.17, 15) is 0 Å². The molecule has 19 heavy (non-hydrogen) atoms. The predicted molar refractivity (Wildman–Crippen MR) is 65.3 cm³/mol. The highest BCUT2D eigenvalue weighted by atomic mass is 15.3. The monoisotopic (exact) mass is 254 g/mol. The minimum atomic E-state index is 0.0901. The number of rotatable bonds is 3. The summed E-state index contributed by atoms with van der Waals surface area (Å²) in [7, 11) is 0. The summed E-state index contributed by atoms with van der Waals surface area (Å²) < 4.78 is 1.52. The quantitative estimate of drug-likeness (QED) is 0.585. The van der Waals surface area contributed by atoms with E-state index < -0.39 is 0 Å². The molecule has 0 fully saturated rings. The summed E-state index contributed by atoms with van der Waals surface area (Å²) in [5.74, 6) is 6.27. The molecule has 2 heterocycles. The van der Waals surface area contributed by atoms with Gasteiger partial charge in [0.25, 0.3) is 0 Å². The van der Waals surface area contributed by atoms with Gasteiger partial charge in [-0.1, -0.05) is 0 Å². The standard InChI is InChI=1S/C11H10N8/c1-7-2-10(18-14)17-11(16-7)5-19-6-15-8(3-12)9(19)4-13/h2,6H,5,14H2,1H3,(H,16,17,18). The molecule has 2 aromatic rings. The molecule has 2 aromatic heterocycles. The van der Waals surface area contributed by atoms with Gasteiger partial charge in [-0.2, -0.15) is 10.5 Å². The molecular weight excluding hydrogens is 244 g/mol. The van der Waals surface area contributed by atoms with Gasteiger partial charge < -0.3 is 9.99 Å². The number of hydrazine groups is 1. The first-order valence-electron chi connectivity index (χ1n) is 5.34. The molecule has 0 radical (unpaired) electrons. The summed E-state index contributed by atoms with van der Waals surface area (Å²) in [6, 6.07) is 5.50. The van der Waals surface area contributed by atoms with Gasteiger partial charge in [-0.15, -0.1) is 0 Å². The highest BCUT2D eigenvalue weighted by molar-refractivity contribution is 5.37. The van der Waals surface area contributed by atoms with Crippen LogP contribution < -0.4 is 11.3 Å². The molecule has 8 nitrogen and oxygen atoms in total. The molecule has 3 N–H and O–H groups in total. The van der Waals surface area contributed by atoms with Gasteiger partial charge in [-0.3, -0.25) is 0 Å². The molecule has 0 saturated heterocycles. The number of nitrogens with zero attached hydrogens (tertiary/aromatic N) is 6. The Morgan fingerprint density at radius 3 is 2.79 bits per heavy atom. The zero-order valence-corrected chi connectivity index (χ0v) is 10.1. The summed E-state index contributed by atoms with van der Waals surface area (Å²) >= 11 is 0. The Kier molecular flexibility index (Phi) is 3.37. The van der Waals surface area contributed by atoms with E-state index in [-0.39, 0.29) is 17.9 Å². The lowest BCUT2D eigenvalue weighted by atomic mass is 10.3. The van der Waals surface area contributed by atoms with E-state index in [1.165, 1.54) is 10.9 Å². The molecule has 8 heteroatoms. The minimum absolute atomic E-state index is 0.0901. The maximum atomic E-state index is 9.02. The van der Waals surface area contributed by atoms with Crippen molar-refractivity contribution in [2.75, 3.05) is 5.43 Å². The number of nitrogens with two attached hydrogens (primary N) is 1. The smallest absolute Gasteiger partial charge is 0.176 e. The van der Waals surface area contributed by atoms with Gasteiger partial charge in [-0.05, 0) is 6.92 Å². The van der Waals surface area contributed by atoms with E-state index >= 15 is 0 Å². The number of hydrogen-bond acceptors (Lipinski definition) is 7. The van der Waals surface area contributed by atoms with E-state index in [1.54, 1.807) is 6.07 Å². The lowest BCUT2D eigenvalue weighted by Crippen LogP contribution is -2.13. The van der Waals surface area contributed by atoms with E-state index in [4.69, 9.17) is 16.4 Å². The minimum Gasteiger partial charge on any atom is -0.314 e. The van der Waals surface area contributed by atoms with Crippen LogP contribution in [0.25, 0.3) is 0 Å². The van der Waals surface area contributed by atoms with Crippen molar-refractivity contribution >= 4 is 5.82 Å². The first kappa shape index (κ1) is 12.5. The molecule has 2 rings (SSSR count). The molecule has 0 aliphatic heterocycles. The highest BCUT2D eigenvalue weighted by Crippen LogP contribution is 2.09. The Hall–Kier alpha value is -2.97. The lowest BCUT2D eigenvalue weighted by Gasteiger charge is -2.06. The summed E-state index contributed by atoms with van der Waals surface area (Å²) in [6.07, 6.45) is 1.42. The van der Waals surface area contributed by atoms with Crippen LogP contribution in [0.5, 0.6) is 0 Å². The summed E-state index contributed by atoms with van der Waals surface area (Å²) in [5, 5.41) is 17.8. The van der Waals surface area contributed by atoms with Crippen LogP contribution >= 0.6 is 0 Å². The Labute approximate surface area is 109 Å². The van der Waals surface area contributed by atoms with E-state index in [1.807, 2.05) is 19.1 Å². The first-order chi connectivity index (χ1) is 9.17. The topological polar surface area (TPSA) is 129 Å². The molecule has 94 valence electrons. The fourth-order valence-corrected chi connectivity index (χ4v) is 1.63. The van der Waals surface area contributed by atoms with Crippen molar-refractivity contribution in [2.45, 2.75) is 13.5 Å². The second-order valence-electron chi connectivity index (χ2n) is 3.75. The molecule has 0 saturated carbocycles. The zero-order chi connectivity index (χ0) is 13.8. The van der Waals surface area contributed by atoms with Gasteiger partial charge in [0.1, 0.15) is 18.0 Å². The molecular formula is C11H10N8. The van der Waals surface area contributed by atoms with Crippen LogP contribution in [-0.4, -0.2) is 19.5 Å². The third-order valence-electron chi connectivity index (χ3n) is 2.41. The molecule has 0 amide bonds. The van der Waals surface area contributed by atoms with Gasteiger partial charge in [0.15, 0.2) is 17.2 Å². The van der Waals surface area contributed by atoms with Crippen LogP contribution in [-0.2, 0) is 6.54 Å². The van der Waals surface area contributed by atoms with Gasteiger partial charge in [0, 0.05) is 11.8 Å². The van der Waals surface area contributed by atoms with Gasteiger partial charge in [-0.25, -0.2) is 20.8 Å². The SMILES string of the molecule is Cc1cc(NN)nc(Cn2cnc(C#N)c2C#N)n1. The van der Waals surface area contributed by atoms with Crippen molar-refractivity contribution in [3.8, 4) is 12.1 Å². The summed E-state index contributed by atoms with van der Waals surface area (Å²) in [6.45, 7) is 2.06. The second kappa shape index (κ2) is 5.12. The third kappa shape index (κ3) is 2.49. The molecule has 0 spiro atoms. The van der Waals surface area contributed by atoms with Crippen LogP contribution in [0, 0.1) is 29.6 Å². The fourth-order valence-electron chi connectivity index (χ4n) is 1.63. The Bertz CT molecular complexity index is 688. The van der Waals surface area contributed by atoms with Crippen LogP contribution in [0.15, 0.2) is 12.4 Å². The number of nitrogen functional groups attached to an aromatic ring is 1. The van der Waals surface area contributed by atoms with E-state index in [0.29, 0.717) is 11.6 Å². The number of nitrogens with one attached hydrogen (secondary N) is 1. The number of anilines is 1. The maximum absolute atomic E-state index is 9.02. The average Bonchev–Trinajstić information content (AvgIpc) is 2.79. The molecule has 0 aromatic carbocycles. The van der Waals surface area contributed by atoms with Crippen molar-refractivity contribution in [1.29, 1.82) is 10.5 Å². The Morgan fingerprint density at radius 1 is 1.37 bits per heavy atom. The molecule has 0 aliphatic rings. The van der Waals surface area contributed by atoms with Crippen LogP contribution in [0.4, 0.5) is 5.82 Å². The van der Waals surface area contributed by atoms with Crippen LogP contribution in [0.1, 0.15) is 22.9 Å². The first-order valence-corrected chi connectivity index (χ1v) is 5.34.